The van der Waals surface area contributed by atoms with E-state index < -0.39 is 0 Å². The van der Waals surface area contributed by atoms with E-state index in [0.717, 1.165) is 5.69 Å². The molecule has 0 bridgehead atoms. The first-order chi connectivity index (χ1) is 6.36. The zero-order chi connectivity index (χ0) is 9.10. The van der Waals surface area contributed by atoms with Crippen molar-refractivity contribution in [2.24, 2.45) is 0 Å². The van der Waals surface area contributed by atoms with Crippen molar-refractivity contribution in [1.29, 1.82) is 0 Å². The van der Waals surface area contributed by atoms with Crippen LogP contribution in [-0.2, 0) is 6.54 Å². The van der Waals surface area contributed by atoms with E-state index in [0.29, 0.717) is 11.3 Å². The van der Waals surface area contributed by atoms with Gasteiger partial charge in [-0.1, -0.05) is 0 Å². The molecule has 2 heterocycles. The highest BCUT2D eigenvalue weighted by molar-refractivity contribution is 7.71. The lowest BCUT2D eigenvalue weighted by Crippen LogP contribution is -2.01. The second kappa shape index (κ2) is 3.44. The van der Waals surface area contributed by atoms with Gasteiger partial charge < -0.3 is 4.57 Å². The summed E-state index contributed by atoms with van der Waals surface area (Å²) < 4.78 is 2.38. The van der Waals surface area contributed by atoms with Gasteiger partial charge in [0.05, 0.1) is 12.2 Å². The number of aromatic nitrogens is 5. The summed E-state index contributed by atoms with van der Waals surface area (Å²) in [5.41, 5.74) is 0.861. The Morgan fingerprint density at radius 3 is 3.08 bits per heavy atom. The third kappa shape index (κ3) is 1.78. The molecule has 0 aromatic carbocycles. The number of aromatic amines is 1. The number of nitrogens with zero attached hydrogens (tertiary/aromatic N) is 4. The van der Waals surface area contributed by atoms with Gasteiger partial charge in [0.2, 0.25) is 0 Å². The van der Waals surface area contributed by atoms with E-state index in [4.69, 9.17) is 12.2 Å². The van der Waals surface area contributed by atoms with Crippen LogP contribution in [-0.4, -0.2) is 25.0 Å². The average molecular weight is 193 g/mol. The van der Waals surface area contributed by atoms with Crippen molar-refractivity contribution in [2.75, 3.05) is 0 Å². The van der Waals surface area contributed by atoms with Crippen LogP contribution in [0.5, 0.6) is 0 Å². The van der Waals surface area contributed by atoms with Crippen molar-refractivity contribution >= 4 is 12.2 Å². The van der Waals surface area contributed by atoms with Gasteiger partial charge in [-0.2, -0.15) is 15.3 Å². The number of rotatable bonds is 2. The van der Waals surface area contributed by atoms with Gasteiger partial charge in [-0.3, -0.25) is 5.10 Å². The van der Waals surface area contributed by atoms with Crippen molar-refractivity contribution in [3.63, 3.8) is 0 Å². The van der Waals surface area contributed by atoms with Crippen LogP contribution in [0.15, 0.2) is 24.7 Å². The molecule has 5 nitrogen and oxygen atoms in total. The Kier molecular flexibility index (Phi) is 2.13. The van der Waals surface area contributed by atoms with Crippen LogP contribution in [0.1, 0.15) is 5.69 Å². The maximum atomic E-state index is 4.98. The van der Waals surface area contributed by atoms with Crippen LogP contribution < -0.4 is 0 Å². The highest BCUT2D eigenvalue weighted by Gasteiger charge is 1.96. The van der Waals surface area contributed by atoms with Gasteiger partial charge >= 0.3 is 0 Å². The summed E-state index contributed by atoms with van der Waals surface area (Å²) in [5.74, 6) is 0. The van der Waals surface area contributed by atoms with Gasteiger partial charge in [0.1, 0.15) is 6.33 Å². The topological polar surface area (TPSA) is 59.4 Å². The predicted molar refractivity (Wildman–Crippen MR) is 48.5 cm³/mol. The molecule has 0 spiro atoms. The van der Waals surface area contributed by atoms with Crippen LogP contribution in [0.2, 0.25) is 0 Å². The Hall–Kier alpha value is -1.56. The summed E-state index contributed by atoms with van der Waals surface area (Å²) in [6, 6.07) is 3.73. The first-order valence-electron chi connectivity index (χ1n) is 3.72. The summed E-state index contributed by atoms with van der Waals surface area (Å²) in [4.78, 5) is 0. The fourth-order valence-electron chi connectivity index (χ4n) is 0.975. The molecule has 13 heavy (non-hydrogen) atoms. The Labute approximate surface area is 79.4 Å². The molecular weight excluding hydrogens is 186 g/mol. The molecule has 0 radical (unpaired) electrons. The van der Waals surface area contributed by atoms with Gasteiger partial charge in [0, 0.05) is 6.20 Å². The highest BCUT2D eigenvalue weighted by Crippen LogP contribution is 1.96. The van der Waals surface area contributed by atoms with Gasteiger partial charge in [-0.15, -0.1) is 0 Å². The fourth-order valence-corrected chi connectivity index (χ4v) is 1.14. The van der Waals surface area contributed by atoms with Crippen LogP contribution in [0, 0.1) is 4.77 Å². The Bertz CT molecular complexity index is 431. The Morgan fingerprint density at radius 1 is 1.54 bits per heavy atom. The third-order valence-corrected chi connectivity index (χ3v) is 1.90. The molecule has 0 atom stereocenters. The minimum atomic E-state index is 0.589. The molecular formula is C7H7N5S. The van der Waals surface area contributed by atoms with E-state index >= 15 is 0 Å². The molecule has 2 aromatic rings. The van der Waals surface area contributed by atoms with E-state index in [2.05, 4.69) is 20.4 Å². The lowest BCUT2D eigenvalue weighted by molar-refractivity contribution is 0.741. The van der Waals surface area contributed by atoms with Crippen molar-refractivity contribution in [3.8, 4) is 0 Å². The minimum absolute atomic E-state index is 0.589. The second-order valence-corrected chi connectivity index (χ2v) is 2.89. The first kappa shape index (κ1) is 8.06. The maximum absolute atomic E-state index is 4.98. The predicted octanol–water partition coefficient (Wildman–Crippen LogP) is 0.779. The lowest BCUT2D eigenvalue weighted by atomic mass is 10.4. The van der Waals surface area contributed by atoms with Crippen LogP contribution >= 0.6 is 12.2 Å². The monoisotopic (exact) mass is 193 g/mol. The molecule has 0 fully saturated rings. The quantitative estimate of drug-likeness (QED) is 0.716. The van der Waals surface area contributed by atoms with Crippen molar-refractivity contribution in [1.82, 2.24) is 25.0 Å². The number of H-pyrrole nitrogens is 1. The summed E-state index contributed by atoms with van der Waals surface area (Å²) in [7, 11) is 0. The van der Waals surface area contributed by atoms with E-state index in [9.17, 15) is 0 Å². The van der Waals surface area contributed by atoms with E-state index in [1.807, 2.05) is 12.1 Å². The smallest absolute Gasteiger partial charge is 0.195 e. The molecule has 0 amide bonds. The second-order valence-electron chi connectivity index (χ2n) is 2.50. The largest absolute Gasteiger partial charge is 0.301 e. The Morgan fingerprint density at radius 2 is 2.46 bits per heavy atom. The fraction of sp³-hybridized carbons (Fsp3) is 0.143. The van der Waals surface area contributed by atoms with Gasteiger partial charge in [0.25, 0.3) is 0 Å². The third-order valence-electron chi connectivity index (χ3n) is 1.58. The SMILES string of the molecule is S=c1[nH]ncn1Cc1cccnn1. The normalized spacial score (nSPS) is 10.2. The van der Waals surface area contributed by atoms with Crippen LogP contribution in [0.25, 0.3) is 0 Å². The number of nitrogens with one attached hydrogen (secondary N) is 1. The van der Waals surface area contributed by atoms with Crippen molar-refractivity contribution in [3.05, 3.63) is 35.1 Å². The molecule has 2 rings (SSSR count). The molecule has 0 aliphatic heterocycles. The van der Waals surface area contributed by atoms with E-state index in [-0.39, 0.29) is 0 Å². The first-order valence-corrected chi connectivity index (χ1v) is 4.13. The summed E-state index contributed by atoms with van der Waals surface area (Å²) in [6.07, 6.45) is 3.27. The Balaban J connectivity index is 2.25. The molecule has 2 aromatic heterocycles. The molecule has 0 unspecified atom stereocenters. The molecule has 0 saturated heterocycles. The van der Waals surface area contributed by atoms with Gasteiger partial charge in [-0.05, 0) is 24.4 Å². The number of hydrogen-bond donors (Lipinski definition) is 1. The standard InChI is InChI=1S/C7H7N5S/c13-7-11-9-5-12(7)4-6-2-1-3-8-10-6/h1-3,5H,4H2,(H,11,13). The molecule has 6 heteroatoms. The van der Waals surface area contributed by atoms with E-state index in [1.165, 1.54) is 0 Å². The van der Waals surface area contributed by atoms with Crippen molar-refractivity contribution in [2.45, 2.75) is 6.54 Å². The average Bonchev–Trinajstić information content (AvgIpc) is 2.54. The maximum Gasteiger partial charge on any atom is 0.195 e. The molecule has 0 aliphatic rings. The molecule has 66 valence electrons. The lowest BCUT2D eigenvalue weighted by Gasteiger charge is -1.98. The zero-order valence-corrected chi connectivity index (χ0v) is 7.53. The van der Waals surface area contributed by atoms with Crippen LogP contribution in [0.4, 0.5) is 0 Å². The summed E-state index contributed by atoms with van der Waals surface area (Å²) in [6.45, 7) is 0.600. The highest BCUT2D eigenvalue weighted by atomic mass is 32.1. The van der Waals surface area contributed by atoms with Crippen LogP contribution in [0.3, 0.4) is 0 Å². The van der Waals surface area contributed by atoms with Gasteiger partial charge in [0.15, 0.2) is 4.77 Å². The van der Waals surface area contributed by atoms with Gasteiger partial charge in [-0.25, -0.2) is 0 Å². The molecule has 0 aliphatic carbocycles. The van der Waals surface area contributed by atoms with Crippen molar-refractivity contribution < 1.29 is 0 Å². The zero-order valence-electron chi connectivity index (χ0n) is 6.71. The number of hydrogen-bond acceptors (Lipinski definition) is 4. The summed E-state index contributed by atoms with van der Waals surface area (Å²) in [5, 5.41) is 14.2. The minimum Gasteiger partial charge on any atom is -0.301 e. The summed E-state index contributed by atoms with van der Waals surface area (Å²) >= 11 is 4.98. The molecule has 1 N–H and O–H groups in total. The van der Waals surface area contributed by atoms with E-state index in [1.54, 1.807) is 17.1 Å². The molecule has 0 saturated carbocycles.